The summed E-state index contributed by atoms with van der Waals surface area (Å²) in [5.41, 5.74) is -0.689. The monoisotopic (exact) mass is 246 g/mol. The lowest BCUT2D eigenvalue weighted by molar-refractivity contribution is -0.132. The number of carbonyl (C=O) groups excluding carboxylic acids is 1. The number of nitrogens with zero attached hydrogens (tertiary/aromatic N) is 1. The summed E-state index contributed by atoms with van der Waals surface area (Å²) in [7, 11) is 0. The molecular formula is C15H22N2O. The van der Waals surface area contributed by atoms with Crippen LogP contribution in [0.3, 0.4) is 0 Å². The van der Waals surface area contributed by atoms with Crippen LogP contribution in [0.2, 0.25) is 0 Å². The predicted octanol–water partition coefficient (Wildman–Crippen LogP) is 2.62. The van der Waals surface area contributed by atoms with Crippen LogP contribution in [0.25, 0.3) is 0 Å². The van der Waals surface area contributed by atoms with Crippen molar-refractivity contribution in [3.63, 3.8) is 0 Å². The zero-order valence-electron chi connectivity index (χ0n) is 11.1. The molecule has 3 aliphatic rings. The Bertz CT molecular complexity index is 394. The van der Waals surface area contributed by atoms with E-state index in [1.165, 1.54) is 25.7 Å². The molecule has 0 heterocycles. The molecule has 3 heteroatoms. The lowest BCUT2D eigenvalue weighted by Crippen LogP contribution is -2.50. The molecule has 4 unspecified atom stereocenters. The van der Waals surface area contributed by atoms with Crippen LogP contribution in [0.1, 0.15) is 51.9 Å². The molecule has 3 fully saturated rings. The van der Waals surface area contributed by atoms with Crippen molar-refractivity contribution in [1.82, 2.24) is 5.32 Å². The van der Waals surface area contributed by atoms with Gasteiger partial charge in [0.1, 0.15) is 5.41 Å². The van der Waals surface area contributed by atoms with Gasteiger partial charge >= 0.3 is 0 Å². The van der Waals surface area contributed by atoms with Gasteiger partial charge in [-0.1, -0.05) is 6.42 Å². The van der Waals surface area contributed by atoms with Crippen LogP contribution < -0.4 is 5.32 Å². The number of fused-ring (bicyclic) bond motifs is 2. The minimum atomic E-state index is -0.689. The first-order chi connectivity index (χ1) is 8.64. The first-order valence-electron chi connectivity index (χ1n) is 7.37. The third-order valence-corrected chi connectivity index (χ3v) is 5.65. The highest BCUT2D eigenvalue weighted by Gasteiger charge is 2.47. The average molecular weight is 246 g/mol. The van der Waals surface area contributed by atoms with Crippen LogP contribution in [0, 0.1) is 34.5 Å². The van der Waals surface area contributed by atoms with Gasteiger partial charge in [0.25, 0.3) is 0 Å². The number of amides is 1. The Balaban J connectivity index is 1.60. The van der Waals surface area contributed by atoms with Crippen LogP contribution in [0.15, 0.2) is 0 Å². The molecule has 3 saturated carbocycles. The van der Waals surface area contributed by atoms with E-state index >= 15 is 0 Å². The third-order valence-electron chi connectivity index (χ3n) is 5.65. The molecule has 3 rings (SSSR count). The molecule has 3 nitrogen and oxygen atoms in total. The number of carbonyl (C=O) groups is 1. The quantitative estimate of drug-likeness (QED) is 0.832. The van der Waals surface area contributed by atoms with Gasteiger partial charge in [-0.15, -0.1) is 0 Å². The second-order valence-corrected chi connectivity index (χ2v) is 6.65. The van der Waals surface area contributed by atoms with Crippen LogP contribution >= 0.6 is 0 Å². The molecule has 0 radical (unpaired) electrons. The number of nitriles is 1. The van der Waals surface area contributed by atoms with E-state index in [4.69, 9.17) is 0 Å². The van der Waals surface area contributed by atoms with E-state index in [1.807, 2.05) is 0 Å². The van der Waals surface area contributed by atoms with E-state index in [9.17, 15) is 10.1 Å². The third kappa shape index (κ3) is 1.74. The van der Waals surface area contributed by atoms with Crippen molar-refractivity contribution in [2.45, 2.75) is 57.9 Å². The molecule has 0 aromatic rings. The van der Waals surface area contributed by atoms with E-state index in [1.54, 1.807) is 0 Å². The molecule has 0 saturated heterocycles. The maximum atomic E-state index is 12.2. The lowest BCUT2D eigenvalue weighted by Gasteiger charge is -2.36. The summed E-state index contributed by atoms with van der Waals surface area (Å²) in [5.74, 6) is 2.38. The van der Waals surface area contributed by atoms with Crippen molar-refractivity contribution in [1.29, 1.82) is 5.26 Å². The number of hydrogen-bond donors (Lipinski definition) is 1. The fraction of sp³-hybridized carbons (Fsp3) is 0.867. The second kappa shape index (κ2) is 4.26. The van der Waals surface area contributed by atoms with E-state index < -0.39 is 5.41 Å². The maximum Gasteiger partial charge on any atom is 0.240 e. The van der Waals surface area contributed by atoms with Crippen molar-refractivity contribution in [2.75, 3.05) is 0 Å². The maximum absolute atomic E-state index is 12.2. The summed E-state index contributed by atoms with van der Waals surface area (Å²) in [6, 6.07) is 2.48. The average Bonchev–Trinajstić information content (AvgIpc) is 2.89. The van der Waals surface area contributed by atoms with Gasteiger partial charge in [-0.3, -0.25) is 4.79 Å². The molecule has 3 aliphatic carbocycles. The number of hydrogen-bond acceptors (Lipinski definition) is 2. The lowest BCUT2D eigenvalue weighted by atomic mass is 9.69. The van der Waals surface area contributed by atoms with Crippen LogP contribution in [-0.4, -0.2) is 11.9 Å². The van der Waals surface area contributed by atoms with Gasteiger partial charge in [0, 0.05) is 6.04 Å². The fourth-order valence-electron chi connectivity index (χ4n) is 4.28. The molecular weight excluding hydrogens is 224 g/mol. The molecule has 0 spiro atoms. The molecule has 18 heavy (non-hydrogen) atoms. The van der Waals surface area contributed by atoms with Gasteiger partial charge in [-0.05, 0) is 63.2 Å². The normalized spacial score (nSPS) is 37.7. The fourth-order valence-corrected chi connectivity index (χ4v) is 4.28. The van der Waals surface area contributed by atoms with Crippen LogP contribution in [0.5, 0.6) is 0 Å². The summed E-state index contributed by atoms with van der Waals surface area (Å²) in [6.45, 7) is 2.13. The van der Waals surface area contributed by atoms with Crippen molar-refractivity contribution in [2.24, 2.45) is 23.2 Å². The second-order valence-electron chi connectivity index (χ2n) is 6.65. The zero-order valence-corrected chi connectivity index (χ0v) is 11.1. The van der Waals surface area contributed by atoms with Gasteiger partial charge in [-0.25, -0.2) is 0 Å². The SMILES string of the molecule is CC(NC(=O)C1(C#N)CCC1)C1CC2CCC1C2. The molecule has 0 aromatic heterocycles. The number of rotatable bonds is 3. The van der Waals surface area contributed by atoms with Crippen molar-refractivity contribution < 1.29 is 4.79 Å². The predicted molar refractivity (Wildman–Crippen MR) is 68.4 cm³/mol. The summed E-state index contributed by atoms with van der Waals surface area (Å²) < 4.78 is 0. The molecule has 1 N–H and O–H groups in total. The number of nitrogens with one attached hydrogen (secondary N) is 1. The van der Waals surface area contributed by atoms with Gasteiger partial charge in [0.05, 0.1) is 6.07 Å². The van der Waals surface area contributed by atoms with E-state index in [0.717, 1.165) is 31.1 Å². The Labute approximate surface area is 109 Å². The van der Waals surface area contributed by atoms with Gasteiger partial charge in [-0.2, -0.15) is 5.26 Å². The van der Waals surface area contributed by atoms with E-state index in [2.05, 4.69) is 18.3 Å². The van der Waals surface area contributed by atoms with Crippen molar-refractivity contribution in [3.8, 4) is 6.07 Å². The Morgan fingerprint density at radius 1 is 1.39 bits per heavy atom. The highest BCUT2D eigenvalue weighted by Crippen LogP contribution is 2.49. The van der Waals surface area contributed by atoms with Gasteiger partial charge < -0.3 is 5.32 Å². The minimum Gasteiger partial charge on any atom is -0.352 e. The van der Waals surface area contributed by atoms with Gasteiger partial charge in [0.2, 0.25) is 5.91 Å². The Morgan fingerprint density at radius 2 is 2.17 bits per heavy atom. The van der Waals surface area contributed by atoms with Crippen LogP contribution in [0.4, 0.5) is 0 Å². The summed E-state index contributed by atoms with van der Waals surface area (Å²) in [6.07, 6.45) is 7.91. The molecule has 4 atom stereocenters. The topological polar surface area (TPSA) is 52.9 Å². The standard InChI is InChI=1S/C15H22N2O/c1-10(13-8-11-3-4-12(13)7-11)17-14(18)15(9-16)5-2-6-15/h10-13H,2-8H2,1H3,(H,17,18). The Kier molecular flexibility index (Phi) is 2.84. The molecule has 0 aromatic carbocycles. The minimum absolute atomic E-state index is 0.00785. The molecule has 98 valence electrons. The van der Waals surface area contributed by atoms with E-state index in [-0.39, 0.29) is 11.9 Å². The molecule has 1 amide bonds. The highest BCUT2D eigenvalue weighted by atomic mass is 16.2. The largest absolute Gasteiger partial charge is 0.352 e. The van der Waals surface area contributed by atoms with Crippen molar-refractivity contribution >= 4 is 5.91 Å². The molecule has 2 bridgehead atoms. The summed E-state index contributed by atoms with van der Waals surface area (Å²) in [4.78, 5) is 12.2. The highest BCUT2D eigenvalue weighted by molar-refractivity contribution is 5.86. The first kappa shape index (κ1) is 12.0. The Morgan fingerprint density at radius 3 is 2.61 bits per heavy atom. The smallest absolute Gasteiger partial charge is 0.240 e. The van der Waals surface area contributed by atoms with Crippen molar-refractivity contribution in [3.05, 3.63) is 0 Å². The summed E-state index contributed by atoms with van der Waals surface area (Å²) in [5, 5.41) is 12.3. The van der Waals surface area contributed by atoms with E-state index in [0.29, 0.717) is 5.92 Å². The zero-order chi connectivity index (χ0) is 12.8. The van der Waals surface area contributed by atoms with Gasteiger partial charge in [0.15, 0.2) is 0 Å². The first-order valence-corrected chi connectivity index (χ1v) is 7.37. The molecule has 0 aliphatic heterocycles. The summed E-state index contributed by atoms with van der Waals surface area (Å²) >= 11 is 0. The Hall–Kier alpha value is -1.04. The van der Waals surface area contributed by atoms with Crippen LogP contribution in [-0.2, 0) is 4.79 Å².